The molecule has 0 spiro atoms. The first-order valence-electron chi connectivity index (χ1n) is 7.41. The van der Waals surface area contributed by atoms with Crippen molar-refractivity contribution in [3.05, 3.63) is 22.4 Å². The van der Waals surface area contributed by atoms with E-state index in [1.54, 1.807) is 11.3 Å². The zero-order chi connectivity index (χ0) is 15.2. The van der Waals surface area contributed by atoms with Crippen molar-refractivity contribution in [1.82, 2.24) is 10.2 Å². The van der Waals surface area contributed by atoms with Crippen molar-refractivity contribution in [2.75, 3.05) is 13.1 Å². The van der Waals surface area contributed by atoms with Gasteiger partial charge in [0.1, 0.15) is 6.04 Å². The highest BCUT2D eigenvalue weighted by Gasteiger charge is 2.35. The number of nitrogens with one attached hydrogen (secondary N) is 1. The quantitative estimate of drug-likeness (QED) is 0.878. The van der Waals surface area contributed by atoms with Crippen LogP contribution >= 0.6 is 11.3 Å². The Balaban J connectivity index is 1.86. The number of hydrogen-bond donors (Lipinski definition) is 2. The van der Waals surface area contributed by atoms with Crippen LogP contribution in [0.15, 0.2) is 17.5 Å². The van der Waals surface area contributed by atoms with E-state index in [-0.39, 0.29) is 6.03 Å². The van der Waals surface area contributed by atoms with Crippen molar-refractivity contribution in [3.8, 4) is 0 Å². The molecule has 0 aliphatic carbocycles. The number of carbonyl (C=O) groups is 2. The molecule has 1 aliphatic rings. The number of urea groups is 1. The molecule has 2 rings (SSSR count). The Morgan fingerprint density at radius 3 is 2.95 bits per heavy atom. The van der Waals surface area contributed by atoms with Crippen LogP contribution in [-0.2, 0) is 11.2 Å². The van der Waals surface area contributed by atoms with Crippen LogP contribution in [0.5, 0.6) is 0 Å². The van der Waals surface area contributed by atoms with Crippen LogP contribution in [0.4, 0.5) is 4.79 Å². The number of nitrogens with zero attached hydrogens (tertiary/aromatic N) is 1. The van der Waals surface area contributed by atoms with Crippen LogP contribution in [-0.4, -0.2) is 41.1 Å². The Kier molecular flexibility index (Phi) is 5.61. The van der Waals surface area contributed by atoms with E-state index in [2.05, 4.69) is 12.2 Å². The Hall–Kier alpha value is -1.56. The summed E-state index contributed by atoms with van der Waals surface area (Å²) in [5.41, 5.74) is 0. The van der Waals surface area contributed by atoms with E-state index in [9.17, 15) is 14.7 Å². The summed E-state index contributed by atoms with van der Waals surface area (Å²) in [7, 11) is 0. The molecule has 2 unspecified atom stereocenters. The second-order valence-corrected chi connectivity index (χ2v) is 6.44. The van der Waals surface area contributed by atoms with E-state index >= 15 is 0 Å². The van der Waals surface area contributed by atoms with Crippen LogP contribution in [0.1, 0.15) is 31.1 Å². The Labute approximate surface area is 129 Å². The maximum atomic E-state index is 12.2. The van der Waals surface area contributed by atoms with Crippen LogP contribution in [0, 0.1) is 5.92 Å². The predicted octanol–water partition coefficient (Wildman–Crippen LogP) is 2.58. The van der Waals surface area contributed by atoms with E-state index in [4.69, 9.17) is 0 Å². The number of hydrogen-bond acceptors (Lipinski definition) is 3. The largest absolute Gasteiger partial charge is 0.480 e. The third-order valence-electron chi connectivity index (χ3n) is 4.06. The summed E-state index contributed by atoms with van der Waals surface area (Å²) < 4.78 is 0. The molecule has 5 nitrogen and oxygen atoms in total. The minimum absolute atomic E-state index is 0.256. The van der Waals surface area contributed by atoms with Crippen LogP contribution in [0.25, 0.3) is 0 Å². The summed E-state index contributed by atoms with van der Waals surface area (Å²) in [5, 5.41) is 14.2. The molecule has 2 N–H and O–H groups in total. The van der Waals surface area contributed by atoms with Gasteiger partial charge in [-0.2, -0.15) is 0 Å². The lowest BCUT2D eigenvalue weighted by atomic mass is 9.89. The molecule has 1 aromatic rings. The smallest absolute Gasteiger partial charge is 0.326 e. The number of rotatable bonds is 5. The Morgan fingerprint density at radius 2 is 2.33 bits per heavy atom. The van der Waals surface area contributed by atoms with E-state index in [1.165, 1.54) is 9.78 Å². The van der Waals surface area contributed by atoms with E-state index in [1.807, 2.05) is 17.5 Å². The monoisotopic (exact) mass is 310 g/mol. The lowest BCUT2D eigenvalue weighted by Gasteiger charge is -2.36. The van der Waals surface area contributed by atoms with Gasteiger partial charge in [0.05, 0.1) is 0 Å². The first kappa shape index (κ1) is 15.8. The molecular weight excluding hydrogens is 288 g/mol. The van der Waals surface area contributed by atoms with Crippen molar-refractivity contribution in [1.29, 1.82) is 0 Å². The number of piperidine rings is 1. The molecule has 6 heteroatoms. The lowest BCUT2D eigenvalue weighted by molar-refractivity contribution is -0.144. The fraction of sp³-hybridized carbons (Fsp3) is 0.600. The van der Waals surface area contributed by atoms with Crippen molar-refractivity contribution in [2.24, 2.45) is 5.92 Å². The molecule has 1 fully saturated rings. The zero-order valence-corrected chi connectivity index (χ0v) is 13.1. The highest BCUT2D eigenvalue weighted by molar-refractivity contribution is 7.09. The molecule has 2 atom stereocenters. The minimum Gasteiger partial charge on any atom is -0.480 e. The highest BCUT2D eigenvalue weighted by atomic mass is 32.1. The molecule has 0 aromatic carbocycles. The minimum atomic E-state index is -0.901. The van der Waals surface area contributed by atoms with Gasteiger partial charge < -0.3 is 15.3 Å². The summed E-state index contributed by atoms with van der Waals surface area (Å²) >= 11 is 1.66. The lowest BCUT2D eigenvalue weighted by Crippen LogP contribution is -2.53. The number of amides is 2. The molecule has 116 valence electrons. The summed E-state index contributed by atoms with van der Waals surface area (Å²) in [6.45, 7) is 3.14. The maximum Gasteiger partial charge on any atom is 0.326 e. The first-order valence-corrected chi connectivity index (χ1v) is 8.29. The summed E-state index contributed by atoms with van der Waals surface area (Å²) in [5.74, 6) is -0.497. The van der Waals surface area contributed by atoms with Gasteiger partial charge in [-0.15, -0.1) is 11.3 Å². The topological polar surface area (TPSA) is 69.6 Å². The molecule has 2 amide bonds. The molecule has 1 aromatic heterocycles. The molecule has 1 saturated heterocycles. The van der Waals surface area contributed by atoms with E-state index in [0.717, 1.165) is 19.3 Å². The number of aliphatic carboxylic acids is 1. The third kappa shape index (κ3) is 4.20. The van der Waals surface area contributed by atoms with Crippen LogP contribution in [0.2, 0.25) is 0 Å². The zero-order valence-electron chi connectivity index (χ0n) is 12.2. The normalized spacial score (nSPS) is 22.0. The number of carbonyl (C=O) groups excluding carboxylic acids is 1. The fourth-order valence-electron chi connectivity index (χ4n) is 2.74. The van der Waals surface area contributed by atoms with Gasteiger partial charge in [-0.25, -0.2) is 9.59 Å². The number of thiophene rings is 1. The molecule has 0 saturated carbocycles. The fourth-order valence-corrected chi connectivity index (χ4v) is 3.44. The Bertz CT molecular complexity index is 475. The van der Waals surface area contributed by atoms with Crippen molar-refractivity contribution in [3.63, 3.8) is 0 Å². The van der Waals surface area contributed by atoms with Crippen molar-refractivity contribution < 1.29 is 14.7 Å². The molecule has 21 heavy (non-hydrogen) atoms. The maximum absolute atomic E-state index is 12.2. The molecule has 0 radical (unpaired) electrons. The van der Waals surface area contributed by atoms with Gasteiger partial charge in [0.2, 0.25) is 0 Å². The predicted molar refractivity (Wildman–Crippen MR) is 82.6 cm³/mol. The summed E-state index contributed by atoms with van der Waals surface area (Å²) in [6.07, 6.45) is 3.20. The number of likely N-dealkylation sites (tertiary alicyclic amines) is 1. The summed E-state index contributed by atoms with van der Waals surface area (Å²) in [6, 6.07) is 3.07. The van der Waals surface area contributed by atoms with Crippen molar-refractivity contribution >= 4 is 23.3 Å². The van der Waals surface area contributed by atoms with Gasteiger partial charge in [-0.05, 0) is 36.6 Å². The van der Waals surface area contributed by atoms with Crippen molar-refractivity contribution in [2.45, 2.75) is 38.6 Å². The molecular formula is C15H22N2O3S. The molecule has 1 aliphatic heterocycles. The average Bonchev–Trinajstić information content (AvgIpc) is 2.99. The van der Waals surface area contributed by atoms with Gasteiger partial charge in [0, 0.05) is 18.0 Å². The standard InChI is InChI=1S/C15H22N2O3S/c1-2-11-6-8-17(13(10-11)14(18)19)15(20)16-7-5-12-4-3-9-21-12/h3-4,9,11,13H,2,5-8,10H2,1H3,(H,16,20)(H,18,19). The third-order valence-corrected chi connectivity index (χ3v) is 5.00. The summed E-state index contributed by atoms with van der Waals surface area (Å²) in [4.78, 5) is 26.3. The van der Waals surface area contributed by atoms with Crippen LogP contribution < -0.4 is 5.32 Å². The number of carboxylic acids is 1. The molecule has 0 bridgehead atoms. The van der Waals surface area contributed by atoms with Gasteiger partial charge >= 0.3 is 12.0 Å². The second-order valence-electron chi connectivity index (χ2n) is 5.41. The van der Waals surface area contributed by atoms with Crippen LogP contribution in [0.3, 0.4) is 0 Å². The van der Waals surface area contributed by atoms with Gasteiger partial charge in [-0.1, -0.05) is 19.4 Å². The number of carboxylic acid groups (broad SMARTS) is 1. The van der Waals surface area contributed by atoms with Gasteiger partial charge in [0.15, 0.2) is 0 Å². The Morgan fingerprint density at radius 1 is 1.52 bits per heavy atom. The average molecular weight is 310 g/mol. The molecule has 2 heterocycles. The van der Waals surface area contributed by atoms with E-state index in [0.29, 0.717) is 25.4 Å². The van der Waals surface area contributed by atoms with Gasteiger partial charge in [0.25, 0.3) is 0 Å². The van der Waals surface area contributed by atoms with Gasteiger partial charge in [-0.3, -0.25) is 0 Å². The van der Waals surface area contributed by atoms with E-state index < -0.39 is 12.0 Å². The highest BCUT2D eigenvalue weighted by Crippen LogP contribution is 2.25. The SMILES string of the molecule is CCC1CCN(C(=O)NCCc2cccs2)C(C(=O)O)C1. The second kappa shape index (κ2) is 7.45. The first-order chi connectivity index (χ1) is 10.1.